The first-order chi connectivity index (χ1) is 17.7. The standard InChI is InChI=1S/C27H24FN5O3S/c1-17-23-13-20(28)6-10-24(23)33(26(17)27-30-11-12-36-27)16-25(34)32-15-21-7-3-19(14-31-21)18-4-8-22(9-5-18)37(2,29)35/h3-14,29H,15-16H2,1-2H3,(H,32,34). The summed E-state index contributed by atoms with van der Waals surface area (Å²) >= 11 is 0. The maximum Gasteiger partial charge on any atom is 0.243 e. The van der Waals surface area contributed by atoms with Crippen LogP contribution in [0.5, 0.6) is 0 Å². The normalized spacial score (nSPS) is 12.9. The number of hydrogen-bond donors (Lipinski definition) is 2. The fourth-order valence-electron chi connectivity index (χ4n) is 4.27. The molecule has 5 aromatic rings. The summed E-state index contributed by atoms with van der Waals surface area (Å²) < 4.78 is 40.7. The molecule has 0 bridgehead atoms. The molecular weight excluding hydrogens is 493 g/mol. The third-order valence-corrected chi connectivity index (χ3v) is 7.32. The van der Waals surface area contributed by atoms with Crippen molar-refractivity contribution in [3.63, 3.8) is 0 Å². The molecule has 0 saturated heterocycles. The molecule has 188 valence electrons. The van der Waals surface area contributed by atoms with Gasteiger partial charge in [0, 0.05) is 33.8 Å². The number of hydrogen-bond acceptors (Lipinski definition) is 6. The van der Waals surface area contributed by atoms with Crippen molar-refractivity contribution < 1.29 is 17.8 Å². The Morgan fingerprint density at radius 1 is 1.11 bits per heavy atom. The molecule has 10 heteroatoms. The van der Waals surface area contributed by atoms with E-state index in [0.29, 0.717) is 33.1 Å². The van der Waals surface area contributed by atoms with Gasteiger partial charge < -0.3 is 14.3 Å². The Bertz CT molecular complexity index is 1690. The van der Waals surface area contributed by atoms with Crippen molar-refractivity contribution in [2.75, 3.05) is 6.26 Å². The van der Waals surface area contributed by atoms with Crippen LogP contribution < -0.4 is 5.32 Å². The van der Waals surface area contributed by atoms with Crippen molar-refractivity contribution in [2.24, 2.45) is 0 Å². The van der Waals surface area contributed by atoms with E-state index < -0.39 is 9.73 Å². The minimum Gasteiger partial charge on any atom is -0.443 e. The van der Waals surface area contributed by atoms with Gasteiger partial charge in [0.25, 0.3) is 0 Å². The van der Waals surface area contributed by atoms with Crippen LogP contribution in [0.4, 0.5) is 4.39 Å². The molecule has 2 N–H and O–H groups in total. The number of nitrogens with zero attached hydrogens (tertiary/aromatic N) is 3. The van der Waals surface area contributed by atoms with Crippen LogP contribution in [0.3, 0.4) is 0 Å². The molecule has 3 aromatic heterocycles. The maximum atomic E-state index is 13.9. The van der Waals surface area contributed by atoms with Crippen molar-refractivity contribution in [1.82, 2.24) is 19.9 Å². The molecule has 0 radical (unpaired) electrons. The lowest BCUT2D eigenvalue weighted by atomic mass is 10.1. The van der Waals surface area contributed by atoms with Crippen LogP contribution >= 0.6 is 0 Å². The second kappa shape index (κ2) is 9.62. The first-order valence-corrected chi connectivity index (χ1v) is 13.4. The predicted octanol–water partition coefficient (Wildman–Crippen LogP) is 5.16. The Balaban J connectivity index is 1.31. The summed E-state index contributed by atoms with van der Waals surface area (Å²) in [5, 5.41) is 3.58. The van der Waals surface area contributed by atoms with Crippen LogP contribution in [0.15, 0.2) is 82.6 Å². The highest BCUT2D eigenvalue weighted by Gasteiger charge is 2.21. The lowest BCUT2D eigenvalue weighted by Crippen LogP contribution is -2.27. The predicted molar refractivity (Wildman–Crippen MR) is 139 cm³/mol. The van der Waals surface area contributed by atoms with Crippen LogP contribution in [0.1, 0.15) is 11.3 Å². The second-order valence-electron chi connectivity index (χ2n) is 8.74. The molecule has 0 fully saturated rings. The zero-order valence-electron chi connectivity index (χ0n) is 20.2. The lowest BCUT2D eigenvalue weighted by molar-refractivity contribution is -0.121. The van der Waals surface area contributed by atoms with Crippen molar-refractivity contribution in [3.8, 4) is 22.7 Å². The van der Waals surface area contributed by atoms with Gasteiger partial charge in [0.2, 0.25) is 11.8 Å². The number of amides is 1. The van der Waals surface area contributed by atoms with E-state index >= 15 is 0 Å². The highest BCUT2D eigenvalue weighted by molar-refractivity contribution is 7.91. The van der Waals surface area contributed by atoms with Gasteiger partial charge in [0.15, 0.2) is 0 Å². The fourth-order valence-corrected chi connectivity index (χ4v) is 4.93. The summed E-state index contributed by atoms with van der Waals surface area (Å²) in [5.41, 5.74) is 4.55. The summed E-state index contributed by atoms with van der Waals surface area (Å²) in [6, 6.07) is 15.2. The molecule has 37 heavy (non-hydrogen) atoms. The van der Waals surface area contributed by atoms with E-state index in [1.807, 2.05) is 31.2 Å². The van der Waals surface area contributed by atoms with Gasteiger partial charge >= 0.3 is 0 Å². The number of pyridine rings is 1. The minimum absolute atomic E-state index is 0.00522. The molecule has 0 aliphatic carbocycles. The second-order valence-corrected chi connectivity index (χ2v) is 10.9. The molecule has 3 heterocycles. The summed E-state index contributed by atoms with van der Waals surface area (Å²) in [6.07, 6.45) is 6.08. The molecule has 1 atom stereocenters. The quantitative estimate of drug-likeness (QED) is 0.310. The van der Waals surface area contributed by atoms with Gasteiger partial charge in [-0.25, -0.2) is 18.4 Å². The van der Waals surface area contributed by atoms with E-state index in [4.69, 9.17) is 9.20 Å². The molecule has 1 unspecified atom stereocenters. The van der Waals surface area contributed by atoms with Gasteiger partial charge in [0.05, 0.1) is 28.2 Å². The molecule has 8 nitrogen and oxygen atoms in total. The number of aryl methyl sites for hydroxylation is 1. The van der Waals surface area contributed by atoms with Gasteiger partial charge in [-0.1, -0.05) is 18.2 Å². The first kappa shape index (κ1) is 24.4. The number of aromatic nitrogens is 3. The third kappa shape index (κ3) is 5.01. The van der Waals surface area contributed by atoms with E-state index in [1.54, 1.807) is 29.0 Å². The summed E-state index contributed by atoms with van der Waals surface area (Å²) in [5.74, 6) is -0.242. The zero-order chi connectivity index (χ0) is 26.2. The summed E-state index contributed by atoms with van der Waals surface area (Å²) in [4.78, 5) is 22.1. The largest absolute Gasteiger partial charge is 0.443 e. The number of halogens is 1. The average Bonchev–Trinajstić information content (AvgIpc) is 3.49. The lowest BCUT2D eigenvalue weighted by Gasteiger charge is -2.11. The third-order valence-electron chi connectivity index (χ3n) is 6.14. The number of carbonyl (C=O) groups is 1. The van der Waals surface area contributed by atoms with E-state index in [2.05, 4.69) is 15.3 Å². The number of benzene rings is 2. The highest BCUT2D eigenvalue weighted by Crippen LogP contribution is 2.33. The molecular formula is C27H24FN5O3S. The van der Waals surface area contributed by atoms with Crippen molar-refractivity contribution in [2.45, 2.75) is 24.9 Å². The number of nitrogens with one attached hydrogen (secondary N) is 2. The van der Waals surface area contributed by atoms with Crippen LogP contribution in [-0.4, -0.2) is 30.9 Å². The van der Waals surface area contributed by atoms with Gasteiger partial charge in [-0.15, -0.1) is 0 Å². The van der Waals surface area contributed by atoms with Crippen molar-refractivity contribution in [3.05, 3.63) is 90.3 Å². The molecule has 0 spiro atoms. The molecule has 0 aliphatic heterocycles. The van der Waals surface area contributed by atoms with Crippen molar-refractivity contribution in [1.29, 1.82) is 4.78 Å². The molecule has 5 rings (SSSR count). The smallest absolute Gasteiger partial charge is 0.243 e. The Morgan fingerprint density at radius 3 is 2.51 bits per heavy atom. The Labute approximate surface area is 213 Å². The maximum absolute atomic E-state index is 13.9. The minimum atomic E-state index is -2.76. The SMILES string of the molecule is Cc1c(-c2ncco2)n(CC(=O)NCc2ccc(-c3ccc(S(C)(=N)=O)cc3)cn2)c2ccc(F)cc12. The number of carbonyl (C=O) groups excluding carboxylic acids is 1. The van der Waals surface area contributed by atoms with Crippen LogP contribution in [-0.2, 0) is 27.6 Å². The van der Waals surface area contributed by atoms with Crippen molar-refractivity contribution >= 4 is 26.5 Å². The van der Waals surface area contributed by atoms with Gasteiger partial charge in [0.1, 0.15) is 24.3 Å². The van der Waals surface area contributed by atoms with E-state index in [9.17, 15) is 13.4 Å². The topological polar surface area (TPSA) is 114 Å². The molecule has 0 saturated carbocycles. The van der Waals surface area contributed by atoms with Crippen LogP contribution in [0.25, 0.3) is 33.6 Å². The van der Waals surface area contributed by atoms with Gasteiger partial charge in [-0.05, 0) is 54.4 Å². The molecule has 2 aromatic carbocycles. The Morgan fingerprint density at radius 2 is 1.86 bits per heavy atom. The highest BCUT2D eigenvalue weighted by atomic mass is 32.2. The zero-order valence-corrected chi connectivity index (χ0v) is 21.0. The number of oxazole rings is 1. The average molecular weight is 518 g/mol. The number of rotatable bonds is 7. The fraction of sp³-hybridized carbons (Fsp3) is 0.148. The monoisotopic (exact) mass is 517 g/mol. The summed E-state index contributed by atoms with van der Waals surface area (Å²) in [7, 11) is -2.76. The van der Waals surface area contributed by atoms with Gasteiger partial charge in [-0.3, -0.25) is 9.78 Å². The van der Waals surface area contributed by atoms with E-state index in [0.717, 1.165) is 16.7 Å². The molecule has 0 aliphatic rings. The number of fused-ring (bicyclic) bond motifs is 1. The molecule has 1 amide bonds. The summed E-state index contributed by atoms with van der Waals surface area (Å²) in [6.45, 7) is 2.08. The first-order valence-electron chi connectivity index (χ1n) is 11.4. The van der Waals surface area contributed by atoms with Crippen LogP contribution in [0.2, 0.25) is 0 Å². The van der Waals surface area contributed by atoms with Crippen LogP contribution in [0, 0.1) is 17.5 Å². The van der Waals surface area contributed by atoms with E-state index in [1.165, 1.54) is 30.8 Å². The Kier molecular flexibility index (Phi) is 6.34. The van der Waals surface area contributed by atoms with E-state index in [-0.39, 0.29) is 24.8 Å². The van der Waals surface area contributed by atoms with Gasteiger partial charge in [-0.2, -0.15) is 0 Å². The Hall–Kier alpha value is -4.31.